The molecule has 2 rings (SSSR count). The van der Waals surface area contributed by atoms with Gasteiger partial charge in [-0.1, -0.05) is 0 Å². The molecule has 2 heterocycles. The van der Waals surface area contributed by atoms with Crippen LogP contribution in [0.1, 0.15) is 11.3 Å². The van der Waals surface area contributed by atoms with Gasteiger partial charge in [-0.2, -0.15) is 5.26 Å². The Balaban J connectivity index is 2.31. The van der Waals surface area contributed by atoms with E-state index in [0.29, 0.717) is 11.3 Å². The quantitative estimate of drug-likeness (QED) is 0.846. The van der Waals surface area contributed by atoms with Gasteiger partial charge in [-0.15, -0.1) is 0 Å². The number of nitrogen functional groups attached to an aromatic ring is 1. The lowest BCUT2D eigenvalue weighted by atomic mass is 10.2. The van der Waals surface area contributed by atoms with Gasteiger partial charge in [-0.3, -0.25) is 4.98 Å². The molecule has 0 aliphatic rings. The first-order chi connectivity index (χ1) is 8.20. The minimum Gasteiger partial charge on any atom is -0.435 e. The Bertz CT molecular complexity index is 572. The molecule has 2 aromatic heterocycles. The smallest absolute Gasteiger partial charge is 0.244 e. The molecule has 0 amide bonds. The molecule has 5 nitrogen and oxygen atoms in total. The highest BCUT2D eigenvalue weighted by Gasteiger charge is 2.08. The van der Waals surface area contributed by atoms with E-state index in [-0.39, 0.29) is 11.6 Å². The lowest BCUT2D eigenvalue weighted by molar-refractivity contribution is 0.463. The highest BCUT2D eigenvalue weighted by atomic mass is 16.5. The Labute approximate surface area is 98.5 Å². The van der Waals surface area contributed by atoms with E-state index in [0.717, 1.165) is 5.69 Å². The number of anilines is 1. The van der Waals surface area contributed by atoms with Crippen molar-refractivity contribution in [1.82, 2.24) is 9.97 Å². The Morgan fingerprint density at radius 3 is 2.76 bits per heavy atom. The number of nitriles is 1. The van der Waals surface area contributed by atoms with Crippen LogP contribution in [0.15, 0.2) is 30.6 Å². The normalized spacial score (nSPS) is 9.65. The minimum absolute atomic E-state index is 0.217. The molecule has 0 bridgehead atoms. The summed E-state index contributed by atoms with van der Waals surface area (Å²) in [5, 5.41) is 8.82. The van der Waals surface area contributed by atoms with Crippen molar-refractivity contribution in [3.63, 3.8) is 0 Å². The van der Waals surface area contributed by atoms with Crippen LogP contribution >= 0.6 is 0 Å². The monoisotopic (exact) mass is 226 g/mol. The van der Waals surface area contributed by atoms with Crippen LogP contribution in [0.3, 0.4) is 0 Å². The number of ether oxygens (including phenoxy) is 1. The summed E-state index contributed by atoms with van der Waals surface area (Å²) in [6.07, 6.45) is 3.06. The van der Waals surface area contributed by atoms with Crippen molar-refractivity contribution in [3.05, 3.63) is 41.9 Å². The SMILES string of the molecule is Cc1ccc(Oc2nccc(C#N)c2N)cn1. The van der Waals surface area contributed by atoms with Crippen molar-refractivity contribution in [2.24, 2.45) is 0 Å². The fourth-order valence-corrected chi connectivity index (χ4v) is 1.26. The van der Waals surface area contributed by atoms with Crippen molar-refractivity contribution in [1.29, 1.82) is 5.26 Å². The Hall–Kier alpha value is -2.61. The van der Waals surface area contributed by atoms with Gasteiger partial charge in [0.2, 0.25) is 5.88 Å². The van der Waals surface area contributed by atoms with Crippen molar-refractivity contribution in [3.8, 4) is 17.7 Å². The molecule has 5 heteroatoms. The zero-order valence-corrected chi connectivity index (χ0v) is 9.21. The van der Waals surface area contributed by atoms with Crippen LogP contribution in [0.5, 0.6) is 11.6 Å². The maximum absolute atomic E-state index is 8.82. The summed E-state index contributed by atoms with van der Waals surface area (Å²) in [5.74, 6) is 0.750. The molecule has 0 aliphatic carbocycles. The number of hydrogen-bond acceptors (Lipinski definition) is 5. The molecule has 0 spiro atoms. The molecule has 17 heavy (non-hydrogen) atoms. The average Bonchev–Trinajstić information content (AvgIpc) is 2.35. The Morgan fingerprint density at radius 1 is 1.29 bits per heavy atom. The first-order valence-corrected chi connectivity index (χ1v) is 4.96. The number of aryl methyl sites for hydroxylation is 1. The van der Waals surface area contributed by atoms with Gasteiger partial charge in [0, 0.05) is 11.9 Å². The zero-order valence-electron chi connectivity index (χ0n) is 9.21. The molecule has 0 radical (unpaired) electrons. The summed E-state index contributed by atoms with van der Waals surface area (Å²) in [4.78, 5) is 8.07. The number of nitrogens with zero attached hydrogens (tertiary/aromatic N) is 3. The summed E-state index contributed by atoms with van der Waals surface area (Å²) in [6, 6.07) is 7.09. The number of rotatable bonds is 2. The van der Waals surface area contributed by atoms with Gasteiger partial charge in [0.15, 0.2) is 0 Å². The molecule has 0 unspecified atom stereocenters. The molecule has 0 atom stereocenters. The van der Waals surface area contributed by atoms with Crippen LogP contribution in [0.4, 0.5) is 5.69 Å². The zero-order chi connectivity index (χ0) is 12.3. The predicted molar refractivity (Wildman–Crippen MR) is 62.4 cm³/mol. The van der Waals surface area contributed by atoms with Crippen LogP contribution < -0.4 is 10.5 Å². The van der Waals surface area contributed by atoms with Gasteiger partial charge in [-0.05, 0) is 25.1 Å². The first-order valence-electron chi connectivity index (χ1n) is 4.96. The number of aromatic nitrogens is 2. The third-order valence-electron chi connectivity index (χ3n) is 2.17. The summed E-state index contributed by atoms with van der Waals surface area (Å²) in [5.41, 5.74) is 7.21. The second kappa shape index (κ2) is 4.49. The van der Waals surface area contributed by atoms with E-state index in [1.54, 1.807) is 12.3 Å². The third-order valence-corrected chi connectivity index (χ3v) is 2.17. The molecular formula is C12H10N4O. The summed E-state index contributed by atoms with van der Waals surface area (Å²) >= 11 is 0. The van der Waals surface area contributed by atoms with Gasteiger partial charge in [-0.25, -0.2) is 4.98 Å². The van der Waals surface area contributed by atoms with Crippen molar-refractivity contribution < 1.29 is 4.74 Å². The van der Waals surface area contributed by atoms with Gasteiger partial charge < -0.3 is 10.5 Å². The van der Waals surface area contributed by atoms with E-state index in [9.17, 15) is 0 Å². The van der Waals surface area contributed by atoms with Crippen molar-refractivity contribution >= 4 is 5.69 Å². The fraction of sp³-hybridized carbons (Fsp3) is 0.0833. The van der Waals surface area contributed by atoms with Crippen LogP contribution in [0.25, 0.3) is 0 Å². The molecule has 0 fully saturated rings. The second-order valence-corrected chi connectivity index (χ2v) is 3.43. The molecule has 0 aliphatic heterocycles. The highest BCUT2D eigenvalue weighted by Crippen LogP contribution is 2.26. The molecular weight excluding hydrogens is 216 g/mol. The molecule has 2 aromatic rings. The van der Waals surface area contributed by atoms with E-state index in [4.69, 9.17) is 15.7 Å². The number of pyridine rings is 2. The van der Waals surface area contributed by atoms with Crippen molar-refractivity contribution in [2.75, 3.05) is 5.73 Å². The van der Waals surface area contributed by atoms with E-state index in [1.807, 2.05) is 19.1 Å². The minimum atomic E-state index is 0.217. The Morgan fingerprint density at radius 2 is 2.12 bits per heavy atom. The lowest BCUT2D eigenvalue weighted by Crippen LogP contribution is -1.98. The molecule has 2 N–H and O–H groups in total. The van der Waals surface area contributed by atoms with Crippen LogP contribution in [0, 0.1) is 18.3 Å². The van der Waals surface area contributed by atoms with Crippen LogP contribution in [0.2, 0.25) is 0 Å². The molecule has 0 saturated carbocycles. The standard InChI is InChI=1S/C12H10N4O/c1-8-2-3-10(7-16-8)17-12-11(14)9(6-13)4-5-15-12/h2-5,7H,14H2,1H3. The summed E-state index contributed by atoms with van der Waals surface area (Å²) in [7, 11) is 0. The van der Waals surface area contributed by atoms with Gasteiger partial charge >= 0.3 is 0 Å². The molecule has 84 valence electrons. The number of hydrogen-bond donors (Lipinski definition) is 1. The first kappa shape index (κ1) is 10.9. The van der Waals surface area contributed by atoms with Crippen molar-refractivity contribution in [2.45, 2.75) is 6.92 Å². The van der Waals surface area contributed by atoms with E-state index in [2.05, 4.69) is 9.97 Å². The van der Waals surface area contributed by atoms with E-state index in [1.165, 1.54) is 12.3 Å². The highest BCUT2D eigenvalue weighted by molar-refractivity contribution is 5.60. The fourth-order valence-electron chi connectivity index (χ4n) is 1.26. The third kappa shape index (κ3) is 2.32. The predicted octanol–water partition coefficient (Wildman–Crippen LogP) is 2.03. The summed E-state index contributed by atoms with van der Waals surface area (Å²) < 4.78 is 5.46. The lowest BCUT2D eigenvalue weighted by Gasteiger charge is -2.07. The van der Waals surface area contributed by atoms with Gasteiger partial charge in [0.05, 0.1) is 11.8 Å². The molecule has 0 aromatic carbocycles. The van der Waals surface area contributed by atoms with Gasteiger partial charge in [0.1, 0.15) is 17.5 Å². The number of nitrogens with two attached hydrogens (primary N) is 1. The Kier molecular flexibility index (Phi) is 2.88. The second-order valence-electron chi connectivity index (χ2n) is 3.43. The van der Waals surface area contributed by atoms with E-state index < -0.39 is 0 Å². The molecule has 0 saturated heterocycles. The van der Waals surface area contributed by atoms with E-state index >= 15 is 0 Å². The topological polar surface area (TPSA) is 84.8 Å². The van der Waals surface area contributed by atoms with Crippen LogP contribution in [-0.4, -0.2) is 9.97 Å². The van der Waals surface area contributed by atoms with Gasteiger partial charge in [0.25, 0.3) is 0 Å². The maximum Gasteiger partial charge on any atom is 0.244 e. The van der Waals surface area contributed by atoms with Crippen LogP contribution in [-0.2, 0) is 0 Å². The largest absolute Gasteiger partial charge is 0.435 e. The maximum atomic E-state index is 8.82. The summed E-state index contributed by atoms with van der Waals surface area (Å²) in [6.45, 7) is 1.88. The average molecular weight is 226 g/mol.